The molecular formula is C76H74Br2K2N6O16S2. The molecule has 0 bridgehead atoms. The number of carbonyl (C=O) groups excluding carboxylic acids is 6. The summed E-state index contributed by atoms with van der Waals surface area (Å²) in [6.45, 7) is 3.86. The van der Waals surface area contributed by atoms with Crippen molar-refractivity contribution in [2.45, 2.75) is 113 Å². The van der Waals surface area contributed by atoms with Crippen molar-refractivity contribution in [3.63, 3.8) is 0 Å². The fraction of sp³-hybridized carbons (Fsp3) is 0.263. The van der Waals surface area contributed by atoms with Gasteiger partial charge < -0.3 is 51.3 Å². The molecule has 28 heteroatoms. The predicted octanol–water partition coefficient (Wildman–Crippen LogP) is 5.52. The summed E-state index contributed by atoms with van der Waals surface area (Å²) in [6, 6.07) is 48.1. The van der Waals surface area contributed by atoms with Crippen molar-refractivity contribution in [1.29, 1.82) is 0 Å². The Kier molecular flexibility index (Phi) is 32.2. The van der Waals surface area contributed by atoms with Crippen LogP contribution in [0.4, 0.5) is 22.7 Å². The number of nitrogens with one attached hydrogen (secondary N) is 4. The molecule has 0 saturated heterocycles. The van der Waals surface area contributed by atoms with Crippen LogP contribution in [-0.2, 0) is 55.3 Å². The van der Waals surface area contributed by atoms with Gasteiger partial charge in [0.2, 0.25) is 20.0 Å². The van der Waals surface area contributed by atoms with Crippen molar-refractivity contribution in [1.82, 2.24) is 8.61 Å². The number of carboxylic acids is 4. The van der Waals surface area contributed by atoms with Crippen molar-refractivity contribution < 1.29 is 178 Å². The number of nitrogens with zero attached hydrogens (tertiary/aromatic N) is 2. The van der Waals surface area contributed by atoms with Crippen molar-refractivity contribution in [2.75, 3.05) is 34.4 Å². The standard InChI is InChI=1S/2C38H38BrN3O8S.2K/c2*1-2-42(31-19-14-27(15-20-31)38(47)48)51(49,50)32-5-3-4-28(22-32)35(43)41-34-21-16-29(39)23-33(34)36(44)40-30-17-10-25(11-18-30)7-6-24-8-12-26(13-9-24)37(45)46;;/h2*3-5,8-13,16-18,21-23,27,31H,2,6-7,14-15,19-20H2,1H3,(H,40,44)(H,41,43)(H,45,46)(H,47,48);;/q;;2*+1/p-2. The smallest absolute Gasteiger partial charge is 0.545 e. The van der Waals surface area contributed by atoms with E-state index in [0.29, 0.717) is 97.4 Å². The zero-order chi connectivity index (χ0) is 73.4. The second-order valence-corrected chi connectivity index (χ2v) is 30.3. The number of carboxylic acid groups (broad SMARTS) is 4. The number of rotatable bonds is 26. The minimum absolute atomic E-state index is 0. The number of hydrogen-bond donors (Lipinski definition) is 6. The molecule has 0 radical (unpaired) electrons. The molecule has 8 aromatic carbocycles. The van der Waals surface area contributed by atoms with Crippen molar-refractivity contribution in [3.8, 4) is 0 Å². The number of hydrogen-bond acceptors (Lipinski definition) is 14. The summed E-state index contributed by atoms with van der Waals surface area (Å²) in [7, 11) is -7.98. The molecule has 532 valence electrons. The maximum atomic E-state index is 13.7. The van der Waals surface area contributed by atoms with Gasteiger partial charge in [-0.2, -0.15) is 8.61 Å². The van der Waals surface area contributed by atoms with E-state index in [4.69, 9.17) is 0 Å². The van der Waals surface area contributed by atoms with Gasteiger partial charge in [-0.1, -0.05) is 131 Å². The molecule has 0 spiro atoms. The molecule has 0 aromatic heterocycles. The van der Waals surface area contributed by atoms with Gasteiger partial charge in [-0.15, -0.1) is 0 Å². The Bertz CT molecular complexity index is 4360. The van der Waals surface area contributed by atoms with E-state index in [1.807, 2.05) is 24.3 Å². The normalized spacial score (nSPS) is 15.7. The molecule has 22 nitrogen and oxygen atoms in total. The van der Waals surface area contributed by atoms with Crippen LogP contribution >= 0.6 is 31.9 Å². The molecule has 2 aliphatic rings. The number of aromatic carboxylic acids is 2. The van der Waals surface area contributed by atoms with Gasteiger partial charge in [-0.25, -0.2) is 16.8 Å². The molecular weight excluding hydrogens is 1550 g/mol. The number of anilines is 4. The van der Waals surface area contributed by atoms with Crippen LogP contribution < -0.4 is 134 Å². The van der Waals surface area contributed by atoms with E-state index >= 15 is 0 Å². The van der Waals surface area contributed by atoms with Crippen molar-refractivity contribution in [2.24, 2.45) is 11.8 Å². The Morgan fingerprint density at radius 1 is 0.404 bits per heavy atom. The molecule has 0 aliphatic heterocycles. The van der Waals surface area contributed by atoms with E-state index in [1.165, 1.54) is 81.4 Å². The number of aliphatic carboxylic acids is 2. The molecule has 4 amide bonds. The monoisotopic (exact) mass is 1630 g/mol. The van der Waals surface area contributed by atoms with Gasteiger partial charge in [0.05, 0.1) is 56.1 Å². The molecule has 0 heterocycles. The average molecular weight is 1630 g/mol. The molecule has 0 unspecified atom stereocenters. The number of sulfonamides is 2. The second-order valence-electron chi connectivity index (χ2n) is 24.7. The second kappa shape index (κ2) is 39.4. The largest absolute Gasteiger partial charge is 1.00 e. The quantitative estimate of drug-likeness (QED) is 0.0363. The van der Waals surface area contributed by atoms with Gasteiger partial charge in [0.1, 0.15) is 0 Å². The maximum absolute atomic E-state index is 13.7. The van der Waals surface area contributed by atoms with Crippen LogP contribution in [0, 0.1) is 11.8 Å². The number of halogens is 2. The van der Waals surface area contributed by atoms with Gasteiger partial charge in [-0.3, -0.25) is 28.8 Å². The Labute approximate surface area is 705 Å². The van der Waals surface area contributed by atoms with Crippen LogP contribution in [0.15, 0.2) is 201 Å². The predicted molar refractivity (Wildman–Crippen MR) is 388 cm³/mol. The molecule has 2 fully saturated rings. The Hall–Kier alpha value is -6.43. The van der Waals surface area contributed by atoms with Crippen molar-refractivity contribution >= 4 is 122 Å². The summed E-state index contributed by atoms with van der Waals surface area (Å²) < 4.78 is 58.9. The molecule has 8 aromatic rings. The van der Waals surface area contributed by atoms with Gasteiger partial charge in [0.25, 0.3) is 23.6 Å². The van der Waals surface area contributed by atoms with E-state index in [0.717, 1.165) is 22.3 Å². The minimum Gasteiger partial charge on any atom is -0.545 e. The van der Waals surface area contributed by atoms with Crippen LogP contribution in [0.5, 0.6) is 0 Å². The molecule has 6 N–H and O–H groups in total. The first-order valence-corrected chi connectivity index (χ1v) is 37.5. The van der Waals surface area contributed by atoms with E-state index in [2.05, 4.69) is 53.1 Å². The first kappa shape index (κ1) is 84.8. The fourth-order valence-electron chi connectivity index (χ4n) is 12.5. The zero-order valence-corrected chi connectivity index (χ0v) is 68.7. The number of benzene rings is 8. The zero-order valence-electron chi connectivity index (χ0n) is 57.6. The minimum atomic E-state index is -3.99. The molecule has 2 aliphatic carbocycles. The van der Waals surface area contributed by atoms with E-state index < -0.39 is 79.4 Å². The fourth-order valence-corrected chi connectivity index (χ4v) is 16.7. The maximum Gasteiger partial charge on any atom is 1.00 e. The van der Waals surface area contributed by atoms with Gasteiger partial charge in [0, 0.05) is 56.6 Å². The first-order chi connectivity index (χ1) is 48.7. The van der Waals surface area contributed by atoms with Crippen LogP contribution in [0.2, 0.25) is 0 Å². The molecule has 104 heavy (non-hydrogen) atoms. The number of carbonyl (C=O) groups is 8. The summed E-state index contributed by atoms with van der Waals surface area (Å²) >= 11 is 6.78. The number of aryl methyl sites for hydroxylation is 4. The first-order valence-electron chi connectivity index (χ1n) is 33.0. The molecule has 0 atom stereocenters. The van der Waals surface area contributed by atoms with Gasteiger partial charge in [0.15, 0.2) is 0 Å². The third-order valence-electron chi connectivity index (χ3n) is 18.1. The Morgan fingerprint density at radius 3 is 1.00 bits per heavy atom. The number of amides is 4. The molecule has 10 rings (SSSR count). The van der Waals surface area contributed by atoms with E-state index in [9.17, 15) is 75.6 Å². The Morgan fingerprint density at radius 2 is 0.712 bits per heavy atom. The summed E-state index contributed by atoms with van der Waals surface area (Å²) in [5, 5.41) is 51.8. The van der Waals surface area contributed by atoms with Crippen LogP contribution in [0.25, 0.3) is 0 Å². The van der Waals surface area contributed by atoms with Crippen LogP contribution in [-0.4, -0.2) is 108 Å². The van der Waals surface area contributed by atoms with Gasteiger partial charge in [-0.05, 0) is 207 Å². The van der Waals surface area contributed by atoms with E-state index in [1.54, 1.807) is 98.8 Å². The van der Waals surface area contributed by atoms with Crippen molar-refractivity contribution in [3.05, 3.63) is 247 Å². The topological polar surface area (TPSA) is 346 Å². The molecule has 2 saturated carbocycles. The van der Waals surface area contributed by atoms with Crippen LogP contribution in [0.3, 0.4) is 0 Å². The summed E-state index contributed by atoms with van der Waals surface area (Å²) in [5.74, 6) is -7.28. The third-order valence-corrected chi connectivity index (χ3v) is 23.1. The van der Waals surface area contributed by atoms with E-state index in [-0.39, 0.29) is 182 Å². The summed E-state index contributed by atoms with van der Waals surface area (Å²) in [5.41, 5.74) is 6.30. The van der Waals surface area contributed by atoms with Crippen LogP contribution in [0.1, 0.15) is 150 Å². The third kappa shape index (κ3) is 22.8. The summed E-state index contributed by atoms with van der Waals surface area (Å²) in [6.07, 6.45) is 6.14. The van der Waals surface area contributed by atoms with Gasteiger partial charge >= 0.3 is 115 Å². The average Bonchev–Trinajstić information content (AvgIpc) is 0.791. The Balaban J connectivity index is 0.000000285. The SMILES string of the molecule is CCN(C1CCC(C(=O)O)CC1)S(=O)(=O)c1cccc(C(=O)Nc2ccc(Br)cc2C(=O)Nc2ccc(CCc3ccc(C(=O)[O-])cc3)cc2)c1.CCN(C1CCC(C(=O)O)CC1)S(=O)(=O)c1cccc(C(=O)Nc2ccc(Br)cc2C(=O)Nc2ccc(CCc3ccc(C(=O)[O-])cc3)cc2)c1.[K+].[K+]. The summed E-state index contributed by atoms with van der Waals surface area (Å²) in [4.78, 5) is 98.4.